The number of amides is 4. The van der Waals surface area contributed by atoms with E-state index in [1.807, 2.05) is 57.2 Å². The van der Waals surface area contributed by atoms with Crippen LogP contribution in [-0.2, 0) is 25.7 Å². The van der Waals surface area contributed by atoms with Crippen LogP contribution in [0.1, 0.15) is 52.0 Å². The SMILES string of the molecule is CCC(C(=O)NCC(C)C)N(Cc1cccc(OC)c1)C(=O)CCN1C(=O)[C@H]2CC=CC[C@H]2C1=O. The van der Waals surface area contributed by atoms with Gasteiger partial charge >= 0.3 is 0 Å². The number of allylic oxidation sites excluding steroid dienone is 2. The highest BCUT2D eigenvalue weighted by molar-refractivity contribution is 6.05. The fourth-order valence-electron chi connectivity index (χ4n) is 4.75. The maximum Gasteiger partial charge on any atom is 0.242 e. The van der Waals surface area contributed by atoms with Crippen LogP contribution >= 0.6 is 0 Å². The van der Waals surface area contributed by atoms with Crippen LogP contribution in [0, 0.1) is 17.8 Å². The Morgan fingerprint density at radius 1 is 1.14 bits per heavy atom. The largest absolute Gasteiger partial charge is 0.497 e. The lowest BCUT2D eigenvalue weighted by Gasteiger charge is -2.31. The lowest BCUT2D eigenvalue weighted by atomic mass is 9.85. The van der Waals surface area contributed by atoms with Crippen molar-refractivity contribution in [3.63, 3.8) is 0 Å². The topological polar surface area (TPSA) is 96.0 Å². The summed E-state index contributed by atoms with van der Waals surface area (Å²) in [6.45, 7) is 6.67. The number of hydrogen-bond donors (Lipinski definition) is 1. The molecule has 0 radical (unpaired) electrons. The van der Waals surface area contributed by atoms with Gasteiger partial charge in [0.1, 0.15) is 11.8 Å². The summed E-state index contributed by atoms with van der Waals surface area (Å²) in [4.78, 5) is 54.9. The van der Waals surface area contributed by atoms with E-state index in [0.29, 0.717) is 31.6 Å². The van der Waals surface area contributed by atoms with Crippen molar-refractivity contribution < 1.29 is 23.9 Å². The minimum atomic E-state index is -0.663. The van der Waals surface area contributed by atoms with Crippen molar-refractivity contribution in [2.75, 3.05) is 20.2 Å². The number of nitrogens with zero attached hydrogens (tertiary/aromatic N) is 2. The maximum atomic E-state index is 13.5. The molecule has 1 heterocycles. The van der Waals surface area contributed by atoms with Crippen molar-refractivity contribution in [1.82, 2.24) is 15.1 Å². The predicted molar refractivity (Wildman–Crippen MR) is 132 cm³/mol. The van der Waals surface area contributed by atoms with Gasteiger partial charge in [-0.25, -0.2) is 0 Å². The molecular weight excluding hydrogens is 446 g/mol. The lowest BCUT2D eigenvalue weighted by molar-refractivity contribution is -0.144. The average molecular weight is 484 g/mol. The molecule has 0 spiro atoms. The van der Waals surface area contributed by atoms with E-state index < -0.39 is 6.04 Å². The van der Waals surface area contributed by atoms with Crippen molar-refractivity contribution in [2.45, 2.75) is 59.0 Å². The number of nitrogens with one attached hydrogen (secondary N) is 1. The Hall–Kier alpha value is -3.16. The summed E-state index contributed by atoms with van der Waals surface area (Å²) < 4.78 is 5.31. The molecule has 0 bridgehead atoms. The third-order valence-corrected chi connectivity index (χ3v) is 6.71. The molecule has 0 saturated carbocycles. The maximum absolute atomic E-state index is 13.5. The van der Waals surface area contributed by atoms with Crippen LogP contribution < -0.4 is 10.1 Å². The monoisotopic (exact) mass is 483 g/mol. The van der Waals surface area contributed by atoms with E-state index in [4.69, 9.17) is 4.74 Å². The van der Waals surface area contributed by atoms with E-state index in [0.717, 1.165) is 5.56 Å². The zero-order chi connectivity index (χ0) is 25.5. The summed E-state index contributed by atoms with van der Waals surface area (Å²) in [5.41, 5.74) is 0.832. The number of likely N-dealkylation sites (tertiary alicyclic amines) is 1. The lowest BCUT2D eigenvalue weighted by Crippen LogP contribution is -2.50. The van der Waals surface area contributed by atoms with E-state index in [2.05, 4.69) is 5.32 Å². The average Bonchev–Trinajstić information content (AvgIpc) is 3.10. The highest BCUT2D eigenvalue weighted by atomic mass is 16.5. The Morgan fingerprint density at radius 2 is 1.80 bits per heavy atom. The molecule has 1 aliphatic heterocycles. The number of rotatable bonds is 11. The first-order valence-electron chi connectivity index (χ1n) is 12.5. The van der Waals surface area contributed by atoms with Crippen LogP contribution in [0.2, 0.25) is 0 Å². The molecule has 8 heteroatoms. The van der Waals surface area contributed by atoms with Gasteiger partial charge in [-0.1, -0.05) is 45.1 Å². The van der Waals surface area contributed by atoms with Gasteiger partial charge in [0.15, 0.2) is 0 Å². The van der Waals surface area contributed by atoms with Crippen molar-refractivity contribution >= 4 is 23.6 Å². The first-order chi connectivity index (χ1) is 16.8. The normalized spacial score (nSPS) is 20.1. The molecule has 0 aromatic heterocycles. The molecule has 4 amide bonds. The number of benzene rings is 1. The number of methoxy groups -OCH3 is 1. The first-order valence-corrected chi connectivity index (χ1v) is 12.5. The number of carbonyl (C=O) groups excluding carboxylic acids is 4. The van der Waals surface area contributed by atoms with Crippen LogP contribution in [-0.4, -0.2) is 59.7 Å². The van der Waals surface area contributed by atoms with E-state index >= 15 is 0 Å². The van der Waals surface area contributed by atoms with E-state index in [-0.39, 0.29) is 60.9 Å². The second-order valence-electron chi connectivity index (χ2n) is 9.67. The second kappa shape index (κ2) is 12.0. The number of carbonyl (C=O) groups is 4. The van der Waals surface area contributed by atoms with E-state index in [1.165, 1.54) is 4.90 Å². The first kappa shape index (κ1) is 26.4. The van der Waals surface area contributed by atoms with Gasteiger partial charge in [-0.15, -0.1) is 0 Å². The Morgan fingerprint density at radius 3 is 2.37 bits per heavy atom. The molecule has 1 aromatic carbocycles. The molecule has 1 unspecified atom stereocenters. The molecule has 2 aliphatic rings. The number of imide groups is 1. The Bertz CT molecular complexity index is 947. The third kappa shape index (κ3) is 6.29. The minimum Gasteiger partial charge on any atom is -0.497 e. The molecule has 1 fully saturated rings. The van der Waals surface area contributed by atoms with Gasteiger partial charge < -0.3 is 15.0 Å². The number of hydrogen-bond acceptors (Lipinski definition) is 5. The Labute approximate surface area is 207 Å². The third-order valence-electron chi connectivity index (χ3n) is 6.71. The van der Waals surface area contributed by atoms with Crippen molar-refractivity contribution in [1.29, 1.82) is 0 Å². The standard InChI is InChI=1S/C27H37N3O5/c1-5-23(25(32)28-16-18(2)3)30(17-19-9-8-10-20(15-19)35-4)24(31)13-14-29-26(33)21-11-6-7-12-22(21)27(29)34/h6-10,15,18,21-23H,5,11-14,16-17H2,1-4H3,(H,28,32)/t21-,22+,23?. The molecule has 35 heavy (non-hydrogen) atoms. The quantitative estimate of drug-likeness (QED) is 0.386. The van der Waals surface area contributed by atoms with Crippen LogP contribution in [0.5, 0.6) is 5.75 Å². The summed E-state index contributed by atoms with van der Waals surface area (Å²) in [6, 6.07) is 6.72. The Kier molecular flexibility index (Phi) is 9.07. The summed E-state index contributed by atoms with van der Waals surface area (Å²) in [7, 11) is 1.58. The molecule has 3 rings (SSSR count). The molecule has 190 valence electrons. The molecular formula is C27H37N3O5. The van der Waals surface area contributed by atoms with Crippen molar-refractivity contribution in [3.8, 4) is 5.75 Å². The van der Waals surface area contributed by atoms with Crippen LogP contribution in [0.3, 0.4) is 0 Å². The van der Waals surface area contributed by atoms with E-state index in [9.17, 15) is 19.2 Å². The van der Waals surface area contributed by atoms with Crippen molar-refractivity contribution in [2.24, 2.45) is 17.8 Å². The van der Waals surface area contributed by atoms with Gasteiger partial charge in [-0.2, -0.15) is 0 Å². The molecule has 1 saturated heterocycles. The molecule has 1 aliphatic carbocycles. The van der Waals surface area contributed by atoms with Gasteiger partial charge in [-0.05, 0) is 42.9 Å². The Balaban J connectivity index is 1.76. The molecule has 1 N–H and O–H groups in total. The minimum absolute atomic E-state index is 0.0255. The fraction of sp³-hybridized carbons (Fsp3) is 0.556. The fourth-order valence-corrected chi connectivity index (χ4v) is 4.75. The summed E-state index contributed by atoms with van der Waals surface area (Å²) >= 11 is 0. The van der Waals surface area contributed by atoms with Gasteiger partial charge in [0.25, 0.3) is 0 Å². The smallest absolute Gasteiger partial charge is 0.242 e. The van der Waals surface area contributed by atoms with Gasteiger partial charge in [0.05, 0.1) is 18.9 Å². The number of ether oxygens (including phenoxy) is 1. The van der Waals surface area contributed by atoms with E-state index in [1.54, 1.807) is 12.0 Å². The summed E-state index contributed by atoms with van der Waals surface area (Å²) in [6.07, 6.45) is 5.43. The van der Waals surface area contributed by atoms with Gasteiger partial charge in [0.2, 0.25) is 23.6 Å². The molecule has 1 aromatic rings. The highest BCUT2D eigenvalue weighted by Gasteiger charge is 2.47. The van der Waals surface area contributed by atoms with Gasteiger partial charge in [0, 0.05) is 26.1 Å². The van der Waals surface area contributed by atoms with Crippen LogP contribution in [0.15, 0.2) is 36.4 Å². The van der Waals surface area contributed by atoms with Crippen LogP contribution in [0.25, 0.3) is 0 Å². The molecule has 8 nitrogen and oxygen atoms in total. The summed E-state index contributed by atoms with van der Waals surface area (Å²) in [5, 5.41) is 2.94. The second-order valence-corrected chi connectivity index (χ2v) is 9.67. The van der Waals surface area contributed by atoms with Crippen LogP contribution in [0.4, 0.5) is 0 Å². The highest BCUT2D eigenvalue weighted by Crippen LogP contribution is 2.35. The van der Waals surface area contributed by atoms with Gasteiger partial charge in [-0.3, -0.25) is 24.1 Å². The molecule has 3 atom stereocenters. The summed E-state index contributed by atoms with van der Waals surface area (Å²) in [5.74, 6) is -0.561. The number of fused-ring (bicyclic) bond motifs is 1. The zero-order valence-corrected chi connectivity index (χ0v) is 21.2. The van der Waals surface area contributed by atoms with Crippen molar-refractivity contribution in [3.05, 3.63) is 42.0 Å². The predicted octanol–water partition coefficient (Wildman–Crippen LogP) is 2.92. The zero-order valence-electron chi connectivity index (χ0n) is 21.2.